The summed E-state index contributed by atoms with van der Waals surface area (Å²) in [5, 5.41) is 3.18. The number of fused-ring (bicyclic) bond motifs is 1. The normalized spacial score (nSPS) is 24.9. The number of rotatable bonds is 2. The SMILES string of the molecule is C[C@H]1NC[C@H]2CN(C(=O)OCc3ccccc3)CCN2C1=O. The van der Waals surface area contributed by atoms with Gasteiger partial charge in [-0.15, -0.1) is 0 Å². The molecule has 6 nitrogen and oxygen atoms in total. The zero-order chi connectivity index (χ0) is 15.5. The van der Waals surface area contributed by atoms with Crippen LogP contribution >= 0.6 is 0 Å². The highest BCUT2D eigenvalue weighted by atomic mass is 16.6. The van der Waals surface area contributed by atoms with E-state index in [9.17, 15) is 9.59 Å². The van der Waals surface area contributed by atoms with Crippen molar-refractivity contribution in [2.75, 3.05) is 26.2 Å². The summed E-state index contributed by atoms with van der Waals surface area (Å²) in [5.41, 5.74) is 0.970. The monoisotopic (exact) mass is 303 g/mol. The van der Waals surface area contributed by atoms with E-state index in [-0.39, 0.29) is 30.7 Å². The maximum atomic E-state index is 12.2. The second-order valence-corrected chi connectivity index (χ2v) is 5.80. The number of nitrogens with one attached hydrogen (secondary N) is 1. The Morgan fingerprint density at radius 1 is 1.32 bits per heavy atom. The maximum absolute atomic E-state index is 12.2. The fraction of sp³-hybridized carbons (Fsp3) is 0.500. The summed E-state index contributed by atoms with van der Waals surface area (Å²) >= 11 is 0. The van der Waals surface area contributed by atoms with Gasteiger partial charge in [0, 0.05) is 26.2 Å². The Morgan fingerprint density at radius 3 is 2.86 bits per heavy atom. The van der Waals surface area contributed by atoms with Crippen molar-refractivity contribution in [1.29, 1.82) is 0 Å². The van der Waals surface area contributed by atoms with Gasteiger partial charge in [0.15, 0.2) is 0 Å². The number of nitrogens with zero attached hydrogens (tertiary/aromatic N) is 2. The molecule has 0 spiro atoms. The van der Waals surface area contributed by atoms with E-state index >= 15 is 0 Å². The Morgan fingerprint density at radius 2 is 2.09 bits per heavy atom. The predicted octanol–water partition coefficient (Wildman–Crippen LogP) is 0.828. The molecule has 2 heterocycles. The Bertz CT molecular complexity index is 549. The van der Waals surface area contributed by atoms with Crippen LogP contribution < -0.4 is 5.32 Å². The van der Waals surface area contributed by atoms with Crippen molar-refractivity contribution < 1.29 is 14.3 Å². The summed E-state index contributed by atoms with van der Waals surface area (Å²) < 4.78 is 5.36. The van der Waals surface area contributed by atoms with E-state index in [2.05, 4.69) is 5.32 Å². The Hall–Kier alpha value is -2.08. The van der Waals surface area contributed by atoms with Crippen LogP contribution in [0.1, 0.15) is 12.5 Å². The molecule has 2 atom stereocenters. The van der Waals surface area contributed by atoms with Gasteiger partial charge in [-0.3, -0.25) is 4.79 Å². The number of ether oxygens (including phenoxy) is 1. The molecule has 22 heavy (non-hydrogen) atoms. The highest BCUT2D eigenvalue weighted by molar-refractivity contribution is 5.83. The minimum absolute atomic E-state index is 0.0433. The van der Waals surface area contributed by atoms with Crippen LogP contribution in [0.2, 0.25) is 0 Å². The molecule has 0 aliphatic carbocycles. The van der Waals surface area contributed by atoms with E-state index in [1.54, 1.807) is 4.90 Å². The summed E-state index contributed by atoms with van der Waals surface area (Å²) in [6, 6.07) is 9.53. The molecule has 1 aromatic rings. The standard InChI is InChI=1S/C16H21N3O3/c1-12-15(20)19-8-7-18(10-14(19)9-17-12)16(21)22-11-13-5-3-2-4-6-13/h2-6,12,14,17H,7-11H2,1H3/t12-,14+/m1/s1. The lowest BCUT2D eigenvalue weighted by atomic mass is 10.1. The van der Waals surface area contributed by atoms with Crippen molar-refractivity contribution >= 4 is 12.0 Å². The number of benzene rings is 1. The van der Waals surface area contributed by atoms with Crippen LogP contribution in [0, 0.1) is 0 Å². The lowest BCUT2D eigenvalue weighted by Gasteiger charge is -2.45. The lowest BCUT2D eigenvalue weighted by molar-refractivity contribution is -0.141. The zero-order valence-corrected chi connectivity index (χ0v) is 12.7. The molecule has 2 saturated heterocycles. The largest absolute Gasteiger partial charge is 0.445 e. The van der Waals surface area contributed by atoms with Gasteiger partial charge in [-0.2, -0.15) is 0 Å². The lowest BCUT2D eigenvalue weighted by Crippen LogP contribution is -2.66. The van der Waals surface area contributed by atoms with Gasteiger partial charge >= 0.3 is 6.09 Å². The topological polar surface area (TPSA) is 61.9 Å². The van der Waals surface area contributed by atoms with Crippen LogP contribution in [-0.2, 0) is 16.1 Å². The Kier molecular flexibility index (Phi) is 4.29. The van der Waals surface area contributed by atoms with Crippen LogP contribution in [0.3, 0.4) is 0 Å². The van der Waals surface area contributed by atoms with E-state index in [0.29, 0.717) is 19.6 Å². The van der Waals surface area contributed by atoms with Crippen LogP contribution in [0.15, 0.2) is 30.3 Å². The number of hydrogen-bond acceptors (Lipinski definition) is 4. The van der Waals surface area contributed by atoms with Crippen LogP contribution in [0.5, 0.6) is 0 Å². The quantitative estimate of drug-likeness (QED) is 0.879. The van der Waals surface area contributed by atoms with E-state index in [0.717, 1.165) is 12.1 Å². The fourth-order valence-electron chi connectivity index (χ4n) is 2.95. The molecule has 2 fully saturated rings. The summed E-state index contributed by atoms with van der Waals surface area (Å²) in [7, 11) is 0. The zero-order valence-electron chi connectivity index (χ0n) is 12.7. The third kappa shape index (κ3) is 3.06. The smallest absolute Gasteiger partial charge is 0.410 e. The van der Waals surface area contributed by atoms with E-state index in [1.165, 1.54) is 0 Å². The van der Waals surface area contributed by atoms with Gasteiger partial charge in [-0.25, -0.2) is 4.79 Å². The van der Waals surface area contributed by atoms with Crippen LogP contribution in [0.4, 0.5) is 4.79 Å². The Labute approximate surface area is 130 Å². The maximum Gasteiger partial charge on any atom is 0.410 e. The number of carbonyl (C=O) groups is 2. The van der Waals surface area contributed by atoms with Crippen molar-refractivity contribution in [2.24, 2.45) is 0 Å². The molecule has 0 aromatic heterocycles. The third-order valence-corrected chi connectivity index (χ3v) is 4.26. The number of piperazine rings is 2. The average Bonchev–Trinajstić information content (AvgIpc) is 2.56. The first-order valence-corrected chi connectivity index (χ1v) is 7.64. The number of amides is 2. The first-order valence-electron chi connectivity index (χ1n) is 7.64. The van der Waals surface area contributed by atoms with E-state index in [4.69, 9.17) is 4.74 Å². The van der Waals surface area contributed by atoms with Gasteiger partial charge in [0.05, 0.1) is 12.1 Å². The molecule has 2 amide bonds. The minimum Gasteiger partial charge on any atom is -0.445 e. The summed E-state index contributed by atoms with van der Waals surface area (Å²) in [5.74, 6) is 0.119. The van der Waals surface area contributed by atoms with Gasteiger partial charge in [0.1, 0.15) is 6.61 Å². The molecule has 1 N–H and O–H groups in total. The number of carbonyl (C=O) groups excluding carboxylic acids is 2. The van der Waals surface area contributed by atoms with E-state index < -0.39 is 0 Å². The molecule has 0 bridgehead atoms. The van der Waals surface area contributed by atoms with Crippen molar-refractivity contribution in [2.45, 2.75) is 25.6 Å². The first-order chi connectivity index (χ1) is 10.6. The summed E-state index contributed by atoms with van der Waals surface area (Å²) in [6.07, 6.45) is -0.311. The van der Waals surface area contributed by atoms with Crippen molar-refractivity contribution in [3.8, 4) is 0 Å². The van der Waals surface area contributed by atoms with Crippen LogP contribution in [0.25, 0.3) is 0 Å². The summed E-state index contributed by atoms with van der Waals surface area (Å²) in [6.45, 7) is 4.50. The van der Waals surface area contributed by atoms with Crippen molar-refractivity contribution in [3.05, 3.63) is 35.9 Å². The van der Waals surface area contributed by atoms with Gasteiger partial charge in [-0.1, -0.05) is 30.3 Å². The summed E-state index contributed by atoms with van der Waals surface area (Å²) in [4.78, 5) is 27.8. The molecule has 0 unspecified atom stereocenters. The second kappa shape index (κ2) is 6.36. The molecule has 2 aliphatic rings. The highest BCUT2D eigenvalue weighted by Gasteiger charge is 2.37. The molecule has 2 aliphatic heterocycles. The number of hydrogen-bond donors (Lipinski definition) is 1. The van der Waals surface area contributed by atoms with Crippen LogP contribution in [-0.4, -0.2) is 60.1 Å². The second-order valence-electron chi connectivity index (χ2n) is 5.80. The van der Waals surface area contributed by atoms with E-state index in [1.807, 2.05) is 42.2 Å². The van der Waals surface area contributed by atoms with Gasteiger partial charge in [-0.05, 0) is 12.5 Å². The third-order valence-electron chi connectivity index (χ3n) is 4.26. The minimum atomic E-state index is -0.311. The van der Waals surface area contributed by atoms with Gasteiger partial charge in [0.25, 0.3) is 0 Å². The molecule has 1 aromatic carbocycles. The molecular weight excluding hydrogens is 282 g/mol. The highest BCUT2D eigenvalue weighted by Crippen LogP contribution is 2.16. The first kappa shape index (κ1) is 14.8. The molecule has 118 valence electrons. The van der Waals surface area contributed by atoms with Crippen molar-refractivity contribution in [3.63, 3.8) is 0 Å². The van der Waals surface area contributed by atoms with Gasteiger partial charge < -0.3 is 19.9 Å². The predicted molar refractivity (Wildman–Crippen MR) is 81.2 cm³/mol. The molecule has 0 radical (unpaired) electrons. The molecule has 0 saturated carbocycles. The average molecular weight is 303 g/mol. The molecule has 3 rings (SSSR count). The molecular formula is C16H21N3O3. The van der Waals surface area contributed by atoms with Gasteiger partial charge in [0.2, 0.25) is 5.91 Å². The molecule has 6 heteroatoms. The Balaban J connectivity index is 1.53. The van der Waals surface area contributed by atoms with Crippen molar-refractivity contribution in [1.82, 2.24) is 15.1 Å². The fourth-order valence-corrected chi connectivity index (χ4v) is 2.95.